The Bertz CT molecular complexity index is 1030. The first-order valence-corrected chi connectivity index (χ1v) is 8.55. The van der Waals surface area contributed by atoms with E-state index in [-0.39, 0.29) is 11.8 Å². The molecule has 0 aromatic carbocycles. The molecule has 3 N–H and O–H groups in total. The number of nitrogens with two attached hydrogens (primary N) is 1. The molecule has 124 valence electrons. The van der Waals surface area contributed by atoms with Crippen molar-refractivity contribution in [3.05, 3.63) is 62.9 Å². The highest BCUT2D eigenvalue weighted by Crippen LogP contribution is 2.46. The first-order chi connectivity index (χ1) is 12.1. The van der Waals surface area contributed by atoms with Gasteiger partial charge in [-0.05, 0) is 31.5 Å². The van der Waals surface area contributed by atoms with Crippen LogP contribution in [-0.2, 0) is 0 Å². The fraction of sp³-hybridized carbons (Fsp3) is 0.167. The summed E-state index contributed by atoms with van der Waals surface area (Å²) in [5, 5.41) is 17.0. The SMILES string of the molecule is Cc1cc(-c2[nH]nc3c2[C@@H](c2cccnc2)C(C#N)=C(N)O3)c(C)s1. The summed E-state index contributed by atoms with van der Waals surface area (Å²) in [5.74, 6) is 0.125. The van der Waals surface area contributed by atoms with Gasteiger partial charge in [-0.15, -0.1) is 16.4 Å². The van der Waals surface area contributed by atoms with Gasteiger partial charge >= 0.3 is 0 Å². The van der Waals surface area contributed by atoms with Crippen LogP contribution < -0.4 is 10.5 Å². The fourth-order valence-corrected chi connectivity index (χ4v) is 4.14. The number of aromatic nitrogens is 3. The molecule has 1 aliphatic rings. The Morgan fingerprint density at radius 3 is 2.88 bits per heavy atom. The molecule has 0 aliphatic carbocycles. The van der Waals surface area contributed by atoms with E-state index in [1.807, 2.05) is 12.1 Å². The third kappa shape index (κ3) is 2.39. The summed E-state index contributed by atoms with van der Waals surface area (Å²) in [4.78, 5) is 6.58. The van der Waals surface area contributed by atoms with Crippen LogP contribution in [0.5, 0.6) is 5.88 Å². The number of thiophene rings is 1. The molecule has 3 aromatic rings. The molecule has 0 amide bonds. The van der Waals surface area contributed by atoms with Gasteiger partial charge in [0.15, 0.2) is 0 Å². The zero-order valence-electron chi connectivity index (χ0n) is 13.7. The van der Waals surface area contributed by atoms with Crippen LogP contribution in [0.2, 0.25) is 0 Å². The summed E-state index contributed by atoms with van der Waals surface area (Å²) in [5.41, 5.74) is 9.95. The number of H-pyrrole nitrogens is 1. The van der Waals surface area contributed by atoms with Crippen LogP contribution in [-0.4, -0.2) is 15.2 Å². The summed E-state index contributed by atoms with van der Waals surface area (Å²) in [6.07, 6.45) is 3.44. The molecular weight excluding hydrogens is 334 g/mol. The predicted molar refractivity (Wildman–Crippen MR) is 94.9 cm³/mol. The van der Waals surface area contributed by atoms with Crippen LogP contribution in [0.25, 0.3) is 11.3 Å². The standard InChI is InChI=1S/C18H15N5OS/c1-9-6-12(10(2)25-9)16-15-14(11-4-3-5-21-8-11)13(7-19)17(20)24-18(15)23-22-16/h3-6,8,14H,20H2,1-2H3,(H,22,23)/t14-/m0/s1. The van der Waals surface area contributed by atoms with E-state index in [0.717, 1.165) is 22.4 Å². The highest BCUT2D eigenvalue weighted by molar-refractivity contribution is 7.12. The van der Waals surface area contributed by atoms with Gasteiger partial charge in [-0.2, -0.15) is 5.26 Å². The molecule has 6 nitrogen and oxygen atoms in total. The van der Waals surface area contributed by atoms with Gasteiger partial charge in [0.2, 0.25) is 11.8 Å². The summed E-state index contributed by atoms with van der Waals surface area (Å²) >= 11 is 1.72. The predicted octanol–water partition coefficient (Wildman–Crippen LogP) is 3.37. The van der Waals surface area contributed by atoms with E-state index < -0.39 is 0 Å². The zero-order valence-corrected chi connectivity index (χ0v) is 14.5. The minimum absolute atomic E-state index is 0.0834. The first kappa shape index (κ1) is 15.4. The number of allylic oxidation sites excluding steroid dienone is 1. The molecule has 7 heteroatoms. The van der Waals surface area contributed by atoms with Crippen molar-refractivity contribution in [2.45, 2.75) is 19.8 Å². The lowest BCUT2D eigenvalue weighted by Crippen LogP contribution is -2.21. The second-order valence-corrected chi connectivity index (χ2v) is 7.32. The van der Waals surface area contributed by atoms with Crippen LogP contribution in [0.3, 0.4) is 0 Å². The van der Waals surface area contributed by atoms with E-state index in [0.29, 0.717) is 11.5 Å². The average molecular weight is 349 g/mol. The number of fused-ring (bicyclic) bond motifs is 1. The molecular formula is C18H15N5OS. The molecule has 0 saturated carbocycles. The third-order valence-electron chi connectivity index (χ3n) is 4.27. The smallest absolute Gasteiger partial charge is 0.244 e. The Morgan fingerprint density at radius 1 is 1.40 bits per heavy atom. The van der Waals surface area contributed by atoms with Crippen molar-refractivity contribution in [3.63, 3.8) is 0 Å². The van der Waals surface area contributed by atoms with E-state index in [1.54, 1.807) is 23.7 Å². The van der Waals surface area contributed by atoms with E-state index in [9.17, 15) is 5.26 Å². The third-order valence-corrected chi connectivity index (χ3v) is 5.23. The molecule has 0 bridgehead atoms. The van der Waals surface area contributed by atoms with E-state index in [4.69, 9.17) is 10.5 Å². The number of aryl methyl sites for hydroxylation is 2. The van der Waals surface area contributed by atoms with Crippen molar-refractivity contribution in [1.82, 2.24) is 15.2 Å². The maximum absolute atomic E-state index is 9.66. The molecule has 0 radical (unpaired) electrons. The van der Waals surface area contributed by atoms with Crippen LogP contribution in [0.4, 0.5) is 0 Å². The minimum Gasteiger partial charge on any atom is -0.420 e. The molecule has 4 rings (SSSR count). The summed E-state index contributed by atoms with van der Waals surface area (Å²) in [6, 6.07) is 8.08. The van der Waals surface area contributed by atoms with Gasteiger partial charge in [0.25, 0.3) is 0 Å². The Kier molecular flexibility index (Phi) is 3.55. The monoisotopic (exact) mass is 349 g/mol. The molecule has 4 heterocycles. The average Bonchev–Trinajstić information content (AvgIpc) is 3.16. The van der Waals surface area contributed by atoms with Crippen LogP contribution >= 0.6 is 11.3 Å². The first-order valence-electron chi connectivity index (χ1n) is 7.73. The van der Waals surface area contributed by atoms with Crippen LogP contribution in [0.15, 0.2) is 42.0 Å². The Labute approximate surface area is 148 Å². The number of hydrogen-bond acceptors (Lipinski definition) is 6. The van der Waals surface area contributed by atoms with Crippen molar-refractivity contribution in [1.29, 1.82) is 5.26 Å². The number of pyridine rings is 1. The zero-order chi connectivity index (χ0) is 17.6. The number of aromatic amines is 1. The number of rotatable bonds is 2. The summed E-state index contributed by atoms with van der Waals surface area (Å²) < 4.78 is 5.61. The van der Waals surface area contributed by atoms with E-state index in [2.05, 4.69) is 41.2 Å². The second kappa shape index (κ2) is 5.76. The van der Waals surface area contributed by atoms with Gasteiger partial charge in [-0.3, -0.25) is 10.1 Å². The number of nitrogens with zero attached hydrogens (tertiary/aromatic N) is 3. The lowest BCUT2D eigenvalue weighted by atomic mass is 9.84. The quantitative estimate of drug-likeness (QED) is 0.739. The van der Waals surface area contributed by atoms with Crippen molar-refractivity contribution in [3.8, 4) is 23.2 Å². The Morgan fingerprint density at radius 2 is 2.24 bits per heavy atom. The number of nitriles is 1. The molecule has 1 atom stereocenters. The van der Waals surface area contributed by atoms with Gasteiger partial charge in [-0.1, -0.05) is 6.07 Å². The number of hydrogen-bond donors (Lipinski definition) is 2. The van der Waals surface area contributed by atoms with Gasteiger partial charge in [-0.25, -0.2) is 0 Å². The van der Waals surface area contributed by atoms with Crippen molar-refractivity contribution in [2.24, 2.45) is 5.73 Å². The molecule has 0 saturated heterocycles. The fourth-order valence-electron chi connectivity index (χ4n) is 3.21. The molecule has 3 aromatic heterocycles. The maximum Gasteiger partial charge on any atom is 0.244 e. The highest BCUT2D eigenvalue weighted by atomic mass is 32.1. The van der Waals surface area contributed by atoms with Gasteiger partial charge in [0.1, 0.15) is 11.6 Å². The van der Waals surface area contributed by atoms with Crippen LogP contribution in [0, 0.1) is 25.2 Å². The molecule has 0 spiro atoms. The Hall–Kier alpha value is -3.11. The summed E-state index contributed by atoms with van der Waals surface area (Å²) in [6.45, 7) is 4.14. The summed E-state index contributed by atoms with van der Waals surface area (Å²) in [7, 11) is 0. The highest BCUT2D eigenvalue weighted by Gasteiger charge is 2.36. The second-order valence-electron chi connectivity index (χ2n) is 5.86. The van der Waals surface area contributed by atoms with Crippen molar-refractivity contribution < 1.29 is 4.74 Å². The molecule has 0 fully saturated rings. The van der Waals surface area contributed by atoms with Crippen LogP contribution in [0.1, 0.15) is 26.8 Å². The van der Waals surface area contributed by atoms with E-state index in [1.165, 1.54) is 9.75 Å². The lowest BCUT2D eigenvalue weighted by molar-refractivity contribution is 0.379. The molecule has 0 unspecified atom stereocenters. The molecule has 1 aliphatic heterocycles. The Balaban J connectivity index is 1.98. The maximum atomic E-state index is 9.66. The van der Waals surface area contributed by atoms with Gasteiger partial charge in [0, 0.05) is 27.7 Å². The van der Waals surface area contributed by atoms with E-state index >= 15 is 0 Å². The molecule has 25 heavy (non-hydrogen) atoms. The number of ether oxygens (including phenoxy) is 1. The number of nitrogens with one attached hydrogen (secondary N) is 1. The normalized spacial score (nSPS) is 16.3. The van der Waals surface area contributed by atoms with Crippen molar-refractivity contribution >= 4 is 11.3 Å². The van der Waals surface area contributed by atoms with Gasteiger partial charge in [0.05, 0.1) is 17.2 Å². The van der Waals surface area contributed by atoms with Crippen molar-refractivity contribution in [2.75, 3.05) is 0 Å². The minimum atomic E-state index is -0.365. The largest absolute Gasteiger partial charge is 0.420 e. The van der Waals surface area contributed by atoms with Gasteiger partial charge < -0.3 is 10.5 Å². The lowest BCUT2D eigenvalue weighted by Gasteiger charge is -2.23. The topological polar surface area (TPSA) is 101 Å².